The second kappa shape index (κ2) is 5.88. The van der Waals surface area contributed by atoms with Crippen LogP contribution in [0.5, 0.6) is 11.5 Å². The fourth-order valence-corrected chi connectivity index (χ4v) is 1.92. The molecule has 0 unspecified atom stereocenters. The molecule has 0 aliphatic heterocycles. The van der Waals surface area contributed by atoms with E-state index >= 15 is 0 Å². The molecule has 0 radical (unpaired) electrons. The van der Waals surface area contributed by atoms with E-state index in [1.165, 1.54) is 18.2 Å². The van der Waals surface area contributed by atoms with Crippen molar-refractivity contribution >= 4 is 27.6 Å². The van der Waals surface area contributed by atoms with E-state index < -0.39 is 28.0 Å². The van der Waals surface area contributed by atoms with Gasteiger partial charge < -0.3 is 9.84 Å². The van der Waals surface area contributed by atoms with Crippen molar-refractivity contribution < 1.29 is 24.0 Å². The molecule has 0 aliphatic rings. The molecule has 0 aliphatic carbocycles. The van der Waals surface area contributed by atoms with Crippen LogP contribution in [0.2, 0.25) is 0 Å². The van der Waals surface area contributed by atoms with Crippen LogP contribution in [-0.4, -0.2) is 16.0 Å². The van der Waals surface area contributed by atoms with Crippen molar-refractivity contribution in [1.29, 1.82) is 0 Å². The highest BCUT2D eigenvalue weighted by Gasteiger charge is 2.21. The van der Waals surface area contributed by atoms with Crippen molar-refractivity contribution in [1.82, 2.24) is 0 Å². The SMILES string of the molecule is O=C(O)c1ccc(Oc2ccc(Br)cc2F)cc1[N+](=O)[O-]. The summed E-state index contributed by atoms with van der Waals surface area (Å²) in [5, 5.41) is 19.7. The summed E-state index contributed by atoms with van der Waals surface area (Å²) >= 11 is 3.09. The van der Waals surface area contributed by atoms with E-state index in [-0.39, 0.29) is 11.5 Å². The van der Waals surface area contributed by atoms with Crippen LogP contribution in [0.25, 0.3) is 0 Å². The van der Waals surface area contributed by atoms with Crippen molar-refractivity contribution in [3.05, 3.63) is 62.4 Å². The summed E-state index contributed by atoms with van der Waals surface area (Å²) in [4.78, 5) is 20.9. The van der Waals surface area contributed by atoms with E-state index in [1.807, 2.05) is 0 Å². The summed E-state index contributed by atoms with van der Waals surface area (Å²) in [5.41, 5.74) is -1.10. The molecule has 0 fully saturated rings. The van der Waals surface area contributed by atoms with Crippen molar-refractivity contribution in [2.24, 2.45) is 0 Å². The highest BCUT2D eigenvalue weighted by molar-refractivity contribution is 9.10. The first-order valence-electron chi connectivity index (χ1n) is 5.53. The lowest BCUT2D eigenvalue weighted by atomic mass is 10.1. The Morgan fingerprint density at radius 2 is 2.00 bits per heavy atom. The topological polar surface area (TPSA) is 89.7 Å². The van der Waals surface area contributed by atoms with Crippen LogP contribution in [0.1, 0.15) is 10.4 Å². The molecule has 108 valence electrons. The number of hydrogen-bond acceptors (Lipinski definition) is 4. The van der Waals surface area contributed by atoms with Crippen LogP contribution in [0.15, 0.2) is 40.9 Å². The predicted molar refractivity (Wildman–Crippen MR) is 74.2 cm³/mol. The highest BCUT2D eigenvalue weighted by atomic mass is 79.9. The maximum Gasteiger partial charge on any atom is 0.342 e. The van der Waals surface area contributed by atoms with E-state index in [0.29, 0.717) is 4.47 Å². The van der Waals surface area contributed by atoms with E-state index in [4.69, 9.17) is 9.84 Å². The second-order valence-electron chi connectivity index (χ2n) is 3.92. The molecule has 2 aromatic carbocycles. The molecular formula is C13H7BrFNO5. The Balaban J connectivity index is 2.39. The summed E-state index contributed by atoms with van der Waals surface area (Å²) < 4.78 is 19.3. The standard InChI is InChI=1S/C13H7BrFNO5/c14-7-1-4-12(10(15)5-7)21-8-2-3-9(13(17)18)11(6-8)16(19)20/h1-6H,(H,17,18). The maximum absolute atomic E-state index is 13.6. The van der Waals surface area contributed by atoms with E-state index in [2.05, 4.69) is 15.9 Å². The normalized spacial score (nSPS) is 10.2. The Bertz CT molecular complexity index is 734. The zero-order valence-corrected chi connectivity index (χ0v) is 11.8. The Hall–Kier alpha value is -2.48. The first kappa shape index (κ1) is 14.9. The van der Waals surface area contributed by atoms with Crippen LogP contribution in [-0.2, 0) is 0 Å². The van der Waals surface area contributed by atoms with Crippen molar-refractivity contribution in [3.63, 3.8) is 0 Å². The number of carbonyl (C=O) groups is 1. The van der Waals surface area contributed by atoms with Gasteiger partial charge >= 0.3 is 5.97 Å². The number of ether oxygens (including phenoxy) is 1. The highest BCUT2D eigenvalue weighted by Crippen LogP contribution is 2.30. The zero-order valence-electron chi connectivity index (χ0n) is 10.2. The number of carboxylic acid groups (broad SMARTS) is 1. The lowest BCUT2D eigenvalue weighted by Crippen LogP contribution is -2.02. The Kier molecular flexibility index (Phi) is 4.18. The maximum atomic E-state index is 13.6. The quantitative estimate of drug-likeness (QED) is 0.661. The summed E-state index contributed by atoms with van der Waals surface area (Å²) in [6.45, 7) is 0. The summed E-state index contributed by atoms with van der Waals surface area (Å²) in [6.07, 6.45) is 0. The van der Waals surface area contributed by atoms with Crippen molar-refractivity contribution in [2.75, 3.05) is 0 Å². The fourth-order valence-electron chi connectivity index (χ4n) is 1.59. The van der Waals surface area contributed by atoms with E-state index in [1.54, 1.807) is 6.07 Å². The van der Waals surface area contributed by atoms with Crippen LogP contribution in [0.3, 0.4) is 0 Å². The average Bonchev–Trinajstić information content (AvgIpc) is 2.41. The molecule has 21 heavy (non-hydrogen) atoms. The number of nitro groups is 1. The van der Waals surface area contributed by atoms with Crippen molar-refractivity contribution in [2.45, 2.75) is 0 Å². The predicted octanol–water partition coefficient (Wildman–Crippen LogP) is 3.99. The van der Waals surface area contributed by atoms with Crippen LogP contribution in [0.4, 0.5) is 10.1 Å². The van der Waals surface area contributed by atoms with Crippen LogP contribution in [0, 0.1) is 15.9 Å². The molecular weight excluding hydrogens is 349 g/mol. The van der Waals surface area contributed by atoms with Gasteiger partial charge in [-0.1, -0.05) is 15.9 Å². The minimum atomic E-state index is -1.43. The number of nitrogens with zero attached hydrogens (tertiary/aromatic N) is 1. The van der Waals surface area contributed by atoms with Crippen molar-refractivity contribution in [3.8, 4) is 11.5 Å². The van der Waals surface area contributed by atoms with E-state index in [0.717, 1.165) is 12.1 Å². The molecule has 0 aromatic heterocycles. The van der Waals surface area contributed by atoms with E-state index in [9.17, 15) is 19.3 Å². The summed E-state index contributed by atoms with van der Waals surface area (Å²) in [5.74, 6) is -2.25. The first-order chi connectivity index (χ1) is 9.88. The van der Waals surface area contributed by atoms with Gasteiger partial charge in [0.2, 0.25) is 0 Å². The second-order valence-corrected chi connectivity index (χ2v) is 4.83. The largest absolute Gasteiger partial charge is 0.477 e. The number of nitro benzene ring substituents is 1. The van der Waals surface area contributed by atoms with Gasteiger partial charge in [-0.3, -0.25) is 10.1 Å². The smallest absolute Gasteiger partial charge is 0.342 e. The van der Waals surface area contributed by atoms with Gasteiger partial charge in [-0.15, -0.1) is 0 Å². The fraction of sp³-hybridized carbons (Fsp3) is 0. The van der Waals surface area contributed by atoms with Gasteiger partial charge in [0.15, 0.2) is 11.6 Å². The molecule has 0 spiro atoms. The lowest BCUT2D eigenvalue weighted by molar-refractivity contribution is -0.385. The number of aromatic carboxylic acids is 1. The van der Waals surface area contributed by atoms with Crippen LogP contribution >= 0.6 is 15.9 Å². The minimum Gasteiger partial charge on any atom is -0.477 e. The van der Waals surface area contributed by atoms with Crippen LogP contribution < -0.4 is 4.74 Å². The molecule has 1 N–H and O–H groups in total. The molecule has 0 atom stereocenters. The number of hydrogen-bond donors (Lipinski definition) is 1. The number of halogens is 2. The third-order valence-electron chi connectivity index (χ3n) is 2.52. The summed E-state index contributed by atoms with van der Waals surface area (Å²) in [7, 11) is 0. The van der Waals surface area contributed by atoms with Gasteiger partial charge in [-0.25, -0.2) is 9.18 Å². The Labute approximate surface area is 126 Å². The molecule has 2 aromatic rings. The monoisotopic (exact) mass is 355 g/mol. The average molecular weight is 356 g/mol. The van der Waals surface area contributed by atoms with Gasteiger partial charge in [0, 0.05) is 4.47 Å². The molecule has 6 nitrogen and oxygen atoms in total. The first-order valence-corrected chi connectivity index (χ1v) is 6.32. The minimum absolute atomic E-state index is 0.0343. The molecule has 0 saturated carbocycles. The molecule has 0 amide bonds. The number of carboxylic acids is 1. The third kappa shape index (κ3) is 3.34. The lowest BCUT2D eigenvalue weighted by Gasteiger charge is -2.07. The van der Waals surface area contributed by atoms with Gasteiger partial charge in [0.1, 0.15) is 11.3 Å². The molecule has 0 bridgehead atoms. The number of rotatable bonds is 4. The number of benzene rings is 2. The van der Waals surface area contributed by atoms with Gasteiger partial charge in [0.25, 0.3) is 5.69 Å². The molecule has 0 heterocycles. The third-order valence-corrected chi connectivity index (χ3v) is 3.01. The van der Waals surface area contributed by atoms with Gasteiger partial charge in [-0.2, -0.15) is 0 Å². The van der Waals surface area contributed by atoms with Gasteiger partial charge in [-0.05, 0) is 30.3 Å². The Morgan fingerprint density at radius 3 is 2.57 bits per heavy atom. The Morgan fingerprint density at radius 1 is 1.29 bits per heavy atom. The van der Waals surface area contributed by atoms with Gasteiger partial charge in [0.05, 0.1) is 11.0 Å². The molecule has 2 rings (SSSR count). The summed E-state index contributed by atoms with van der Waals surface area (Å²) in [6, 6.07) is 7.25. The zero-order chi connectivity index (χ0) is 15.6. The molecule has 0 saturated heterocycles. The molecule has 8 heteroatoms.